The van der Waals surface area contributed by atoms with Crippen LogP contribution < -0.4 is 4.74 Å². The monoisotopic (exact) mass is 377 g/mol. The SMILES string of the molecule is [C-]#[N+]c1cccc([C@](C)(CO)CC(=O)c2c(C)nc3c(OCC)cccn23)c1. The Balaban J connectivity index is 2.01. The van der Waals surface area contributed by atoms with E-state index in [1.165, 1.54) is 0 Å². The number of Topliss-reactive ketones (excluding diaryl/α,β-unsaturated/α-hetero) is 1. The van der Waals surface area contributed by atoms with Crippen LogP contribution in [0.15, 0.2) is 42.6 Å². The first kappa shape index (κ1) is 19.6. The first-order chi connectivity index (χ1) is 13.4. The van der Waals surface area contributed by atoms with Gasteiger partial charge in [0, 0.05) is 18.0 Å². The summed E-state index contributed by atoms with van der Waals surface area (Å²) in [5.74, 6) is 0.505. The number of nitrogens with zero attached hydrogens (tertiary/aromatic N) is 3. The molecule has 0 saturated carbocycles. The van der Waals surface area contributed by atoms with Crippen LogP contribution in [0, 0.1) is 13.5 Å². The zero-order valence-corrected chi connectivity index (χ0v) is 16.3. The standard InChI is InChI=1S/C22H23N3O3/c1-5-28-19-10-7-11-25-20(15(2)24-21(19)25)18(27)13-22(3,14-26)16-8-6-9-17(12-16)23-4/h6-12,26H,5,13-14H2,1-3H3/t22-/m0/s1. The summed E-state index contributed by atoms with van der Waals surface area (Å²) in [5.41, 5.74) is 2.15. The molecule has 0 bridgehead atoms. The number of hydrogen-bond acceptors (Lipinski definition) is 4. The van der Waals surface area contributed by atoms with Crippen LogP contribution in [0.4, 0.5) is 5.69 Å². The molecule has 1 aromatic carbocycles. The number of hydrogen-bond donors (Lipinski definition) is 1. The van der Waals surface area contributed by atoms with E-state index in [4.69, 9.17) is 11.3 Å². The van der Waals surface area contributed by atoms with Crippen molar-refractivity contribution in [2.75, 3.05) is 13.2 Å². The summed E-state index contributed by atoms with van der Waals surface area (Å²) in [6.07, 6.45) is 1.89. The third kappa shape index (κ3) is 3.49. The summed E-state index contributed by atoms with van der Waals surface area (Å²) in [6.45, 7) is 13.0. The van der Waals surface area contributed by atoms with Gasteiger partial charge in [-0.15, -0.1) is 0 Å². The second-order valence-electron chi connectivity index (χ2n) is 7.03. The van der Waals surface area contributed by atoms with Crippen molar-refractivity contribution >= 4 is 17.1 Å². The molecule has 1 atom stereocenters. The third-order valence-electron chi connectivity index (χ3n) is 4.92. The van der Waals surface area contributed by atoms with E-state index < -0.39 is 5.41 Å². The Bertz CT molecular complexity index is 1060. The Morgan fingerprint density at radius 2 is 2.14 bits per heavy atom. The van der Waals surface area contributed by atoms with Crippen LogP contribution in [0.25, 0.3) is 10.5 Å². The minimum atomic E-state index is -0.800. The molecule has 2 heterocycles. The van der Waals surface area contributed by atoms with Crippen LogP contribution in [0.1, 0.15) is 42.0 Å². The molecule has 0 aliphatic carbocycles. The van der Waals surface area contributed by atoms with Crippen molar-refractivity contribution in [1.82, 2.24) is 9.38 Å². The summed E-state index contributed by atoms with van der Waals surface area (Å²) in [5, 5.41) is 10.1. The van der Waals surface area contributed by atoms with E-state index in [-0.39, 0.29) is 18.8 Å². The van der Waals surface area contributed by atoms with Crippen molar-refractivity contribution < 1.29 is 14.6 Å². The summed E-state index contributed by atoms with van der Waals surface area (Å²) in [6, 6.07) is 10.7. The molecule has 6 heteroatoms. The summed E-state index contributed by atoms with van der Waals surface area (Å²) < 4.78 is 7.37. The molecule has 3 aromatic rings. The maximum absolute atomic E-state index is 13.2. The molecule has 0 aliphatic rings. The average molecular weight is 377 g/mol. The zero-order valence-electron chi connectivity index (χ0n) is 16.3. The lowest BCUT2D eigenvalue weighted by atomic mass is 9.78. The molecule has 28 heavy (non-hydrogen) atoms. The van der Waals surface area contributed by atoms with Crippen LogP contribution in [-0.4, -0.2) is 33.5 Å². The number of ether oxygens (including phenoxy) is 1. The number of aliphatic hydroxyl groups excluding tert-OH is 1. The predicted octanol–water partition coefficient (Wildman–Crippen LogP) is 4.12. The van der Waals surface area contributed by atoms with Crippen molar-refractivity contribution in [2.45, 2.75) is 32.6 Å². The Kier molecular flexibility index (Phi) is 5.48. The minimum absolute atomic E-state index is 0.0957. The number of carbonyl (C=O) groups is 1. The van der Waals surface area contributed by atoms with Gasteiger partial charge in [0.1, 0.15) is 5.69 Å². The maximum Gasteiger partial charge on any atom is 0.187 e. The average Bonchev–Trinajstić information content (AvgIpc) is 3.05. The summed E-state index contributed by atoms with van der Waals surface area (Å²) in [7, 11) is 0. The molecule has 0 unspecified atom stereocenters. The van der Waals surface area contributed by atoms with Crippen LogP contribution >= 0.6 is 0 Å². The van der Waals surface area contributed by atoms with E-state index in [2.05, 4.69) is 9.83 Å². The number of fused-ring (bicyclic) bond motifs is 1. The Morgan fingerprint density at radius 1 is 1.36 bits per heavy atom. The molecular weight excluding hydrogens is 354 g/mol. The van der Waals surface area contributed by atoms with E-state index in [9.17, 15) is 9.90 Å². The van der Waals surface area contributed by atoms with E-state index in [0.717, 1.165) is 5.56 Å². The molecule has 2 aromatic heterocycles. The lowest BCUT2D eigenvalue weighted by molar-refractivity contribution is 0.0912. The number of aliphatic hydroxyl groups is 1. The number of pyridine rings is 1. The van der Waals surface area contributed by atoms with Gasteiger partial charge in [-0.1, -0.05) is 31.2 Å². The van der Waals surface area contributed by atoms with Crippen LogP contribution in [-0.2, 0) is 5.41 Å². The van der Waals surface area contributed by atoms with Crippen molar-refractivity contribution in [3.05, 3.63) is 71.0 Å². The molecular formula is C22H23N3O3. The molecule has 0 radical (unpaired) electrons. The zero-order chi connectivity index (χ0) is 20.3. The molecule has 144 valence electrons. The topological polar surface area (TPSA) is 68.2 Å². The van der Waals surface area contributed by atoms with Crippen LogP contribution in [0.2, 0.25) is 0 Å². The lowest BCUT2D eigenvalue weighted by Crippen LogP contribution is -2.30. The van der Waals surface area contributed by atoms with Gasteiger partial charge in [-0.25, -0.2) is 9.83 Å². The predicted molar refractivity (Wildman–Crippen MR) is 107 cm³/mol. The number of ketones is 1. The fraction of sp³-hybridized carbons (Fsp3) is 0.318. The third-order valence-corrected chi connectivity index (χ3v) is 4.92. The van der Waals surface area contributed by atoms with Gasteiger partial charge in [0.25, 0.3) is 0 Å². The van der Waals surface area contributed by atoms with Gasteiger partial charge in [-0.05, 0) is 31.5 Å². The number of imidazole rings is 1. The van der Waals surface area contributed by atoms with E-state index in [1.54, 1.807) is 35.7 Å². The second-order valence-corrected chi connectivity index (χ2v) is 7.03. The van der Waals surface area contributed by atoms with Crippen molar-refractivity contribution in [2.24, 2.45) is 0 Å². The molecule has 0 saturated heterocycles. The Morgan fingerprint density at radius 3 is 2.82 bits per heavy atom. The molecule has 0 amide bonds. The maximum atomic E-state index is 13.2. The fourth-order valence-corrected chi connectivity index (χ4v) is 3.40. The second kappa shape index (κ2) is 7.83. The van der Waals surface area contributed by atoms with Crippen molar-refractivity contribution in [1.29, 1.82) is 0 Å². The van der Waals surface area contributed by atoms with Gasteiger partial charge in [-0.3, -0.25) is 9.20 Å². The quantitative estimate of drug-likeness (QED) is 0.497. The highest BCUT2D eigenvalue weighted by atomic mass is 16.5. The van der Waals surface area contributed by atoms with Gasteiger partial charge in [0.05, 0.1) is 25.5 Å². The molecule has 6 nitrogen and oxygen atoms in total. The first-order valence-electron chi connectivity index (χ1n) is 9.16. The highest BCUT2D eigenvalue weighted by Gasteiger charge is 2.31. The van der Waals surface area contributed by atoms with Crippen LogP contribution in [0.5, 0.6) is 5.75 Å². The van der Waals surface area contributed by atoms with Gasteiger partial charge < -0.3 is 9.84 Å². The number of carbonyl (C=O) groups excluding carboxylic acids is 1. The Hall–Kier alpha value is -3.17. The molecule has 3 rings (SSSR count). The normalized spacial score (nSPS) is 13.1. The minimum Gasteiger partial charge on any atom is -0.490 e. The van der Waals surface area contributed by atoms with E-state index in [0.29, 0.717) is 35.1 Å². The van der Waals surface area contributed by atoms with E-state index in [1.807, 2.05) is 32.0 Å². The van der Waals surface area contributed by atoms with Crippen LogP contribution in [0.3, 0.4) is 0 Å². The Labute approximate surface area is 164 Å². The molecule has 1 N–H and O–H groups in total. The van der Waals surface area contributed by atoms with Gasteiger partial charge in [-0.2, -0.15) is 0 Å². The summed E-state index contributed by atoms with van der Waals surface area (Å²) >= 11 is 0. The number of benzene rings is 1. The van der Waals surface area contributed by atoms with Crippen molar-refractivity contribution in [3.63, 3.8) is 0 Å². The number of aryl methyl sites for hydroxylation is 1. The van der Waals surface area contributed by atoms with E-state index >= 15 is 0 Å². The largest absolute Gasteiger partial charge is 0.490 e. The van der Waals surface area contributed by atoms with Gasteiger partial charge in [0.2, 0.25) is 0 Å². The highest BCUT2D eigenvalue weighted by molar-refractivity contribution is 5.97. The lowest BCUT2D eigenvalue weighted by Gasteiger charge is -2.27. The summed E-state index contributed by atoms with van der Waals surface area (Å²) in [4.78, 5) is 21.2. The molecule has 0 spiro atoms. The number of aromatic nitrogens is 2. The van der Waals surface area contributed by atoms with Gasteiger partial charge in [0.15, 0.2) is 22.9 Å². The smallest absolute Gasteiger partial charge is 0.187 e. The molecule has 0 aliphatic heterocycles. The highest BCUT2D eigenvalue weighted by Crippen LogP contribution is 2.32. The van der Waals surface area contributed by atoms with Crippen molar-refractivity contribution in [3.8, 4) is 5.75 Å². The number of rotatable bonds is 7. The molecule has 0 fully saturated rings. The van der Waals surface area contributed by atoms with Gasteiger partial charge >= 0.3 is 0 Å². The first-order valence-corrected chi connectivity index (χ1v) is 9.16. The fourth-order valence-electron chi connectivity index (χ4n) is 3.40.